The van der Waals surface area contributed by atoms with E-state index in [-0.39, 0.29) is 31.1 Å². The molecule has 0 N–H and O–H groups in total. The van der Waals surface area contributed by atoms with Gasteiger partial charge in [0.15, 0.2) is 6.10 Å². The highest BCUT2D eigenvalue weighted by Gasteiger charge is 2.19. The molecular formula is C53H94O6. The maximum Gasteiger partial charge on any atom is 0.306 e. The Bertz CT molecular complexity index is 1040. The molecule has 6 heteroatoms. The van der Waals surface area contributed by atoms with Crippen molar-refractivity contribution in [3.8, 4) is 0 Å². The number of esters is 3. The molecule has 0 bridgehead atoms. The van der Waals surface area contributed by atoms with E-state index in [1.165, 1.54) is 122 Å². The summed E-state index contributed by atoms with van der Waals surface area (Å²) < 4.78 is 16.7. The monoisotopic (exact) mass is 827 g/mol. The number of rotatable bonds is 45. The Kier molecular flexibility index (Phi) is 45.9. The molecule has 0 heterocycles. The lowest BCUT2D eigenvalue weighted by Gasteiger charge is -2.18. The Morgan fingerprint density at radius 2 is 0.610 bits per heavy atom. The van der Waals surface area contributed by atoms with Crippen molar-refractivity contribution in [1.82, 2.24) is 0 Å². The summed E-state index contributed by atoms with van der Waals surface area (Å²) in [6.07, 6.45) is 56.8. The Hall–Kier alpha value is -2.63. The zero-order chi connectivity index (χ0) is 43.0. The van der Waals surface area contributed by atoms with Crippen LogP contribution in [0.15, 0.2) is 48.6 Å². The molecule has 0 saturated carbocycles. The number of allylic oxidation sites excluding steroid dienone is 8. The lowest BCUT2D eigenvalue weighted by Crippen LogP contribution is -2.30. The average molecular weight is 827 g/mol. The molecule has 59 heavy (non-hydrogen) atoms. The number of carbonyl (C=O) groups is 3. The summed E-state index contributed by atoms with van der Waals surface area (Å²) in [6.45, 7) is 6.53. The van der Waals surface area contributed by atoms with Crippen LogP contribution in [-0.2, 0) is 28.6 Å². The predicted octanol–water partition coefficient (Wildman–Crippen LogP) is 16.3. The van der Waals surface area contributed by atoms with Crippen LogP contribution in [0.4, 0.5) is 0 Å². The lowest BCUT2D eigenvalue weighted by molar-refractivity contribution is -0.167. The minimum Gasteiger partial charge on any atom is -0.462 e. The third kappa shape index (κ3) is 46.3. The van der Waals surface area contributed by atoms with E-state index in [0.29, 0.717) is 19.3 Å². The van der Waals surface area contributed by atoms with Crippen LogP contribution in [0.1, 0.15) is 252 Å². The van der Waals surface area contributed by atoms with Crippen LogP contribution in [0, 0.1) is 0 Å². The molecule has 6 nitrogen and oxygen atoms in total. The second-order valence-corrected chi connectivity index (χ2v) is 16.7. The number of carbonyl (C=O) groups excluding carboxylic acids is 3. The van der Waals surface area contributed by atoms with E-state index in [9.17, 15) is 14.4 Å². The number of ether oxygens (including phenoxy) is 3. The van der Waals surface area contributed by atoms with Crippen LogP contribution < -0.4 is 0 Å². The maximum absolute atomic E-state index is 12.7. The highest BCUT2D eigenvalue weighted by Crippen LogP contribution is 2.14. The fraction of sp³-hybridized carbons (Fsp3) is 0.792. The van der Waals surface area contributed by atoms with Gasteiger partial charge in [0.1, 0.15) is 13.2 Å². The Balaban J connectivity index is 4.24. The summed E-state index contributed by atoms with van der Waals surface area (Å²) in [6, 6.07) is 0. The van der Waals surface area contributed by atoms with E-state index >= 15 is 0 Å². The van der Waals surface area contributed by atoms with Crippen molar-refractivity contribution in [1.29, 1.82) is 0 Å². The average Bonchev–Trinajstić information content (AvgIpc) is 3.23. The van der Waals surface area contributed by atoms with Gasteiger partial charge in [0.2, 0.25) is 0 Å². The van der Waals surface area contributed by atoms with Crippen molar-refractivity contribution in [2.75, 3.05) is 13.2 Å². The second kappa shape index (κ2) is 48.0. The molecule has 0 fully saturated rings. The standard InChI is InChI=1S/C53H94O6/c1-4-7-10-13-16-18-20-22-24-26-27-28-30-31-33-35-37-40-43-46-52(55)58-49-50(48-57-51(54)45-42-39-15-12-9-6-3)59-53(56)47-44-41-38-36-34-32-29-25-23-21-19-17-14-11-8-5-2/h16,18-19,21-22,24-25,29,50H,4-15,17,20,23,26-28,30-49H2,1-3H3/b18-16-,21-19-,24-22-,29-25-. The summed E-state index contributed by atoms with van der Waals surface area (Å²) in [5, 5.41) is 0. The molecule has 0 aromatic rings. The van der Waals surface area contributed by atoms with Crippen LogP contribution >= 0.6 is 0 Å². The summed E-state index contributed by atoms with van der Waals surface area (Å²) in [5.74, 6) is -0.903. The van der Waals surface area contributed by atoms with Crippen molar-refractivity contribution >= 4 is 17.9 Å². The molecule has 0 aliphatic carbocycles. The summed E-state index contributed by atoms with van der Waals surface area (Å²) in [5.41, 5.74) is 0. The van der Waals surface area contributed by atoms with Crippen LogP contribution in [0.25, 0.3) is 0 Å². The van der Waals surface area contributed by atoms with E-state index in [0.717, 1.165) is 89.9 Å². The normalized spacial score (nSPS) is 12.4. The Morgan fingerprint density at radius 1 is 0.339 bits per heavy atom. The first-order valence-corrected chi connectivity index (χ1v) is 25.1. The van der Waals surface area contributed by atoms with E-state index in [2.05, 4.69) is 69.4 Å². The van der Waals surface area contributed by atoms with Gasteiger partial charge in [-0.2, -0.15) is 0 Å². The largest absolute Gasteiger partial charge is 0.462 e. The highest BCUT2D eigenvalue weighted by atomic mass is 16.6. The smallest absolute Gasteiger partial charge is 0.306 e. The quantitative estimate of drug-likeness (QED) is 0.0263. The zero-order valence-corrected chi connectivity index (χ0v) is 39.0. The van der Waals surface area contributed by atoms with E-state index in [1.807, 2.05) is 0 Å². The van der Waals surface area contributed by atoms with Gasteiger partial charge in [-0.3, -0.25) is 14.4 Å². The number of hydrogen-bond acceptors (Lipinski definition) is 6. The van der Waals surface area contributed by atoms with Crippen LogP contribution in [0.5, 0.6) is 0 Å². The first-order valence-electron chi connectivity index (χ1n) is 25.1. The molecule has 342 valence electrons. The second-order valence-electron chi connectivity index (χ2n) is 16.7. The number of unbranched alkanes of at least 4 members (excludes halogenated alkanes) is 26. The SMILES string of the molecule is CCCCC/C=C\C/C=C\CCCCCCCCCCCC(=O)OCC(COC(=O)CCCCCCCC)OC(=O)CCCCCCC/C=C\C/C=C\CCCCCC. The molecule has 0 spiro atoms. The first-order chi connectivity index (χ1) is 29.0. The van der Waals surface area contributed by atoms with E-state index in [1.54, 1.807) is 0 Å². The topological polar surface area (TPSA) is 78.9 Å². The molecule has 0 aromatic heterocycles. The third-order valence-electron chi connectivity index (χ3n) is 10.8. The third-order valence-corrected chi connectivity index (χ3v) is 10.8. The maximum atomic E-state index is 12.7. The van der Waals surface area contributed by atoms with Gasteiger partial charge in [0.05, 0.1) is 0 Å². The van der Waals surface area contributed by atoms with Gasteiger partial charge in [-0.15, -0.1) is 0 Å². The van der Waals surface area contributed by atoms with E-state index < -0.39 is 6.10 Å². The van der Waals surface area contributed by atoms with Gasteiger partial charge in [-0.1, -0.05) is 198 Å². The van der Waals surface area contributed by atoms with Gasteiger partial charge < -0.3 is 14.2 Å². The Morgan fingerprint density at radius 3 is 0.983 bits per heavy atom. The summed E-state index contributed by atoms with van der Waals surface area (Å²) in [7, 11) is 0. The van der Waals surface area contributed by atoms with Crippen LogP contribution in [0.3, 0.4) is 0 Å². The van der Waals surface area contributed by atoms with Gasteiger partial charge in [-0.25, -0.2) is 0 Å². The van der Waals surface area contributed by atoms with Crippen LogP contribution in [0.2, 0.25) is 0 Å². The molecule has 0 radical (unpaired) electrons. The van der Waals surface area contributed by atoms with Crippen molar-refractivity contribution in [3.05, 3.63) is 48.6 Å². The Labute approximate surface area is 365 Å². The summed E-state index contributed by atoms with van der Waals surface area (Å²) >= 11 is 0. The highest BCUT2D eigenvalue weighted by molar-refractivity contribution is 5.71. The minimum atomic E-state index is -0.777. The van der Waals surface area contributed by atoms with Gasteiger partial charge in [0, 0.05) is 19.3 Å². The fourth-order valence-electron chi connectivity index (χ4n) is 6.97. The molecule has 1 unspecified atom stereocenters. The van der Waals surface area contributed by atoms with Gasteiger partial charge in [0.25, 0.3) is 0 Å². The molecule has 0 aliphatic rings. The molecule has 0 saturated heterocycles. The first kappa shape index (κ1) is 56.4. The van der Waals surface area contributed by atoms with Gasteiger partial charge in [-0.05, 0) is 83.5 Å². The molecule has 0 aliphatic heterocycles. The molecular weight excluding hydrogens is 733 g/mol. The van der Waals surface area contributed by atoms with Crippen molar-refractivity contribution in [2.24, 2.45) is 0 Å². The molecule has 1 atom stereocenters. The van der Waals surface area contributed by atoms with Crippen molar-refractivity contribution in [2.45, 2.75) is 258 Å². The zero-order valence-electron chi connectivity index (χ0n) is 39.0. The lowest BCUT2D eigenvalue weighted by atomic mass is 10.1. The van der Waals surface area contributed by atoms with Crippen LogP contribution in [-0.4, -0.2) is 37.2 Å². The van der Waals surface area contributed by atoms with Gasteiger partial charge >= 0.3 is 17.9 Å². The predicted molar refractivity (Wildman–Crippen MR) is 252 cm³/mol. The fourth-order valence-corrected chi connectivity index (χ4v) is 6.97. The minimum absolute atomic E-state index is 0.0799. The van der Waals surface area contributed by atoms with Crippen molar-refractivity contribution in [3.63, 3.8) is 0 Å². The summed E-state index contributed by atoms with van der Waals surface area (Å²) in [4.78, 5) is 37.7. The van der Waals surface area contributed by atoms with E-state index in [4.69, 9.17) is 14.2 Å². The van der Waals surface area contributed by atoms with Crippen molar-refractivity contribution < 1.29 is 28.6 Å². The number of hydrogen-bond donors (Lipinski definition) is 0. The molecule has 0 rings (SSSR count). The molecule has 0 amide bonds. The molecule has 0 aromatic carbocycles.